The summed E-state index contributed by atoms with van der Waals surface area (Å²) in [6.45, 7) is 22.4. The Kier molecular flexibility index (Phi) is 8.54. The van der Waals surface area contributed by atoms with Gasteiger partial charge in [-0.2, -0.15) is 0 Å². The van der Waals surface area contributed by atoms with E-state index in [9.17, 15) is 0 Å². The molecule has 4 heteroatoms. The average molecular weight is 457 g/mol. The minimum atomic E-state index is -2.48. The minimum absolute atomic E-state index is 0.00822. The fourth-order valence-electron chi connectivity index (χ4n) is 3.83. The van der Waals surface area contributed by atoms with Crippen LogP contribution < -0.4 is 10.4 Å². The highest BCUT2D eigenvalue weighted by molar-refractivity contribution is 6.99. The highest BCUT2D eigenvalue weighted by atomic mass is 28.4. The maximum absolute atomic E-state index is 7.14. The lowest BCUT2D eigenvalue weighted by molar-refractivity contribution is 0.157. The standard InChI is InChI=1S/C27H44O2Si2/c1-10-23(21-28-30(8,9)26(2,3)4)22-29-31(27(5,6)7,24-17-13-11-14-18-24)25-19-15-12-16-20-25/h11-20,23H,10,21-22H2,1-9H3/t23-/m1/s1. The summed E-state index contributed by atoms with van der Waals surface area (Å²) in [4.78, 5) is 0. The average Bonchev–Trinajstić information content (AvgIpc) is 2.70. The minimum Gasteiger partial charge on any atom is -0.416 e. The molecule has 0 spiro atoms. The third-order valence-corrected chi connectivity index (χ3v) is 16.5. The molecule has 0 radical (unpaired) electrons. The molecule has 0 fully saturated rings. The topological polar surface area (TPSA) is 18.5 Å². The van der Waals surface area contributed by atoms with Gasteiger partial charge >= 0.3 is 0 Å². The van der Waals surface area contributed by atoms with Crippen LogP contribution in [0.5, 0.6) is 0 Å². The Morgan fingerprint density at radius 2 is 1.10 bits per heavy atom. The lowest BCUT2D eigenvalue weighted by Gasteiger charge is -2.44. The zero-order chi connectivity index (χ0) is 23.3. The van der Waals surface area contributed by atoms with E-state index >= 15 is 0 Å². The van der Waals surface area contributed by atoms with Crippen molar-refractivity contribution in [1.29, 1.82) is 0 Å². The number of rotatable bonds is 9. The van der Waals surface area contributed by atoms with Crippen molar-refractivity contribution in [3.8, 4) is 0 Å². The number of hydrogen-bond acceptors (Lipinski definition) is 2. The molecule has 0 aliphatic heterocycles. The first kappa shape index (κ1) is 26.0. The fourth-order valence-corrected chi connectivity index (χ4v) is 9.56. The third kappa shape index (κ3) is 5.98. The molecule has 2 aromatic rings. The number of hydrogen-bond donors (Lipinski definition) is 0. The largest absolute Gasteiger partial charge is 0.416 e. The SMILES string of the molecule is CC[C@H](CO[Si](C)(C)C(C)(C)C)CO[Si](c1ccccc1)(c1ccccc1)C(C)(C)C. The smallest absolute Gasteiger partial charge is 0.261 e. The van der Waals surface area contributed by atoms with Gasteiger partial charge in [0.15, 0.2) is 8.32 Å². The second-order valence-corrected chi connectivity index (χ2v) is 20.4. The molecule has 0 unspecified atom stereocenters. The van der Waals surface area contributed by atoms with E-state index in [0.29, 0.717) is 5.92 Å². The molecule has 0 aromatic heterocycles. The Hall–Kier alpha value is -1.21. The van der Waals surface area contributed by atoms with E-state index in [0.717, 1.165) is 19.6 Å². The molecule has 0 bridgehead atoms. The summed E-state index contributed by atoms with van der Waals surface area (Å²) in [5, 5.41) is 2.92. The Labute approximate surface area is 193 Å². The van der Waals surface area contributed by atoms with Gasteiger partial charge in [0.05, 0.1) is 0 Å². The van der Waals surface area contributed by atoms with Crippen molar-refractivity contribution in [3.05, 3.63) is 60.7 Å². The Morgan fingerprint density at radius 1 is 0.677 bits per heavy atom. The van der Waals surface area contributed by atoms with E-state index in [1.807, 2.05) is 0 Å². The van der Waals surface area contributed by atoms with Gasteiger partial charge in [-0.3, -0.25) is 0 Å². The molecule has 0 heterocycles. The molecule has 2 rings (SSSR count). The predicted molar refractivity (Wildman–Crippen MR) is 141 cm³/mol. The van der Waals surface area contributed by atoms with Gasteiger partial charge in [-0.1, -0.05) is 109 Å². The van der Waals surface area contributed by atoms with E-state index in [4.69, 9.17) is 8.85 Å². The van der Waals surface area contributed by atoms with E-state index in [1.54, 1.807) is 0 Å². The van der Waals surface area contributed by atoms with Crippen LogP contribution >= 0.6 is 0 Å². The summed E-state index contributed by atoms with van der Waals surface area (Å²) in [6, 6.07) is 21.8. The zero-order valence-corrected chi connectivity index (χ0v) is 23.3. The van der Waals surface area contributed by atoms with Crippen molar-refractivity contribution in [1.82, 2.24) is 0 Å². The normalized spacial score (nSPS) is 14.5. The van der Waals surface area contributed by atoms with Crippen LogP contribution in [0.1, 0.15) is 54.9 Å². The van der Waals surface area contributed by atoms with Crippen molar-refractivity contribution >= 4 is 27.0 Å². The fraction of sp³-hybridized carbons (Fsp3) is 0.556. The van der Waals surface area contributed by atoms with Gasteiger partial charge in [-0.05, 0) is 40.0 Å². The summed E-state index contributed by atoms with van der Waals surface area (Å²) in [5.74, 6) is 0.399. The molecule has 172 valence electrons. The van der Waals surface area contributed by atoms with Crippen LogP contribution in [-0.4, -0.2) is 29.8 Å². The molecule has 2 nitrogen and oxygen atoms in total. The molecule has 0 aliphatic rings. The molecule has 2 aromatic carbocycles. The van der Waals surface area contributed by atoms with Crippen LogP contribution in [0.2, 0.25) is 23.2 Å². The highest BCUT2D eigenvalue weighted by Crippen LogP contribution is 2.38. The van der Waals surface area contributed by atoms with Crippen LogP contribution in [0.15, 0.2) is 60.7 Å². The summed E-state index contributed by atoms with van der Waals surface area (Å²) < 4.78 is 13.7. The van der Waals surface area contributed by atoms with Crippen molar-refractivity contribution in [2.75, 3.05) is 13.2 Å². The van der Waals surface area contributed by atoms with Gasteiger partial charge in [0.25, 0.3) is 8.32 Å². The van der Waals surface area contributed by atoms with Crippen molar-refractivity contribution < 1.29 is 8.85 Å². The van der Waals surface area contributed by atoms with Crippen molar-refractivity contribution in [2.45, 2.75) is 78.1 Å². The van der Waals surface area contributed by atoms with Crippen LogP contribution in [-0.2, 0) is 8.85 Å². The summed E-state index contributed by atoms with van der Waals surface area (Å²) in [5.41, 5.74) is 0. The summed E-state index contributed by atoms with van der Waals surface area (Å²) >= 11 is 0. The predicted octanol–water partition coefficient (Wildman–Crippen LogP) is 6.61. The van der Waals surface area contributed by atoms with E-state index < -0.39 is 16.6 Å². The van der Waals surface area contributed by atoms with Gasteiger partial charge in [0.2, 0.25) is 0 Å². The van der Waals surface area contributed by atoms with Gasteiger partial charge < -0.3 is 8.85 Å². The van der Waals surface area contributed by atoms with E-state index in [-0.39, 0.29) is 10.1 Å². The van der Waals surface area contributed by atoms with Crippen molar-refractivity contribution in [3.63, 3.8) is 0 Å². The molecular weight excluding hydrogens is 412 g/mol. The molecule has 0 N–H and O–H groups in total. The maximum atomic E-state index is 7.14. The van der Waals surface area contributed by atoms with Gasteiger partial charge in [0.1, 0.15) is 0 Å². The molecule has 0 amide bonds. The quantitative estimate of drug-likeness (QED) is 0.395. The Balaban J connectivity index is 2.36. The van der Waals surface area contributed by atoms with Gasteiger partial charge in [0, 0.05) is 19.1 Å². The van der Waals surface area contributed by atoms with Crippen LogP contribution in [0.25, 0.3) is 0 Å². The molecule has 1 atom stereocenters. The van der Waals surface area contributed by atoms with Crippen LogP contribution in [0.3, 0.4) is 0 Å². The van der Waals surface area contributed by atoms with Gasteiger partial charge in [-0.15, -0.1) is 0 Å². The van der Waals surface area contributed by atoms with Crippen LogP contribution in [0, 0.1) is 5.92 Å². The monoisotopic (exact) mass is 456 g/mol. The Bertz CT molecular complexity index is 750. The molecular formula is C27H44O2Si2. The third-order valence-electron chi connectivity index (χ3n) is 7.02. The maximum Gasteiger partial charge on any atom is 0.261 e. The zero-order valence-electron chi connectivity index (χ0n) is 21.3. The molecule has 0 saturated heterocycles. The molecule has 0 saturated carbocycles. The van der Waals surface area contributed by atoms with Crippen molar-refractivity contribution in [2.24, 2.45) is 5.92 Å². The first-order chi connectivity index (χ1) is 14.3. The Morgan fingerprint density at radius 3 is 1.45 bits per heavy atom. The first-order valence-corrected chi connectivity index (χ1v) is 16.6. The van der Waals surface area contributed by atoms with E-state index in [2.05, 4.69) is 122 Å². The first-order valence-electron chi connectivity index (χ1n) is 11.7. The lowest BCUT2D eigenvalue weighted by Crippen LogP contribution is -2.67. The molecule has 31 heavy (non-hydrogen) atoms. The summed E-state index contributed by atoms with van der Waals surface area (Å²) in [7, 11) is -4.25. The van der Waals surface area contributed by atoms with Gasteiger partial charge in [-0.25, -0.2) is 0 Å². The number of benzene rings is 2. The highest BCUT2D eigenvalue weighted by Gasteiger charge is 2.50. The second-order valence-electron chi connectivity index (χ2n) is 11.3. The lowest BCUT2D eigenvalue weighted by atomic mass is 10.1. The van der Waals surface area contributed by atoms with E-state index in [1.165, 1.54) is 10.4 Å². The second kappa shape index (κ2) is 10.2. The van der Waals surface area contributed by atoms with Crippen LogP contribution in [0.4, 0.5) is 0 Å². The summed E-state index contributed by atoms with van der Waals surface area (Å²) in [6.07, 6.45) is 1.06. The molecule has 0 aliphatic carbocycles.